The van der Waals surface area contributed by atoms with Crippen LogP contribution < -0.4 is 11.6 Å². The molecule has 0 aliphatic heterocycles. The van der Waals surface area contributed by atoms with Crippen LogP contribution >= 0.6 is 0 Å². The van der Waals surface area contributed by atoms with Crippen LogP contribution in [0.4, 0.5) is 13.2 Å². The van der Waals surface area contributed by atoms with Crippen LogP contribution in [0.3, 0.4) is 0 Å². The average Bonchev–Trinajstić information content (AvgIpc) is 2.43. The summed E-state index contributed by atoms with van der Waals surface area (Å²) in [6.07, 6.45) is -6.85. The first-order valence-electron chi connectivity index (χ1n) is 6.04. The zero-order valence-electron chi connectivity index (χ0n) is 11.6. The molecule has 0 bridgehead atoms. The van der Waals surface area contributed by atoms with Crippen molar-refractivity contribution in [1.82, 2.24) is 5.01 Å². The summed E-state index contributed by atoms with van der Waals surface area (Å²) in [5.74, 6) is 1.19. The first-order valence-corrected chi connectivity index (χ1v) is 6.04. The van der Waals surface area contributed by atoms with Crippen LogP contribution in [-0.4, -0.2) is 34.3 Å². The highest BCUT2D eigenvalue weighted by atomic mass is 19.4. The van der Waals surface area contributed by atoms with Crippen molar-refractivity contribution < 1.29 is 27.6 Å². The molecule has 0 saturated heterocycles. The van der Waals surface area contributed by atoms with Crippen LogP contribution in [0.25, 0.3) is 0 Å². The normalized spacial score (nSPS) is 14.1. The van der Waals surface area contributed by atoms with Crippen molar-refractivity contribution in [2.45, 2.75) is 25.1 Å². The molecule has 1 atom stereocenters. The van der Waals surface area contributed by atoms with Gasteiger partial charge in [-0.15, -0.1) is 0 Å². The van der Waals surface area contributed by atoms with E-state index in [9.17, 15) is 27.6 Å². The van der Waals surface area contributed by atoms with Crippen LogP contribution in [0, 0.1) is 0 Å². The predicted molar refractivity (Wildman–Crippen MR) is 70.1 cm³/mol. The van der Waals surface area contributed by atoms with E-state index in [4.69, 9.17) is 11.6 Å². The van der Waals surface area contributed by atoms with Gasteiger partial charge in [0.2, 0.25) is 5.91 Å². The van der Waals surface area contributed by atoms with Crippen molar-refractivity contribution in [3.05, 3.63) is 35.9 Å². The number of amides is 2. The van der Waals surface area contributed by atoms with Crippen molar-refractivity contribution in [2.24, 2.45) is 11.6 Å². The standard InChI is InChI=1S/C13H14F3N3O3/c1-8(20)19(18)11(22)12(17,7-13(14,15)16)10(21)9-5-3-2-4-6-9/h2-6H,7,17-18H2,1H3. The van der Waals surface area contributed by atoms with Gasteiger partial charge < -0.3 is 5.73 Å². The summed E-state index contributed by atoms with van der Waals surface area (Å²) in [7, 11) is 0. The molecule has 6 nitrogen and oxygen atoms in total. The third kappa shape index (κ3) is 3.89. The number of halogens is 3. The second-order valence-electron chi connectivity index (χ2n) is 4.65. The summed E-state index contributed by atoms with van der Waals surface area (Å²) in [6.45, 7) is 0.860. The maximum Gasteiger partial charge on any atom is 0.391 e. The van der Waals surface area contributed by atoms with Gasteiger partial charge in [0.25, 0.3) is 5.91 Å². The van der Waals surface area contributed by atoms with Gasteiger partial charge >= 0.3 is 6.18 Å². The fourth-order valence-corrected chi connectivity index (χ4v) is 1.77. The second-order valence-corrected chi connectivity index (χ2v) is 4.65. The van der Waals surface area contributed by atoms with Crippen molar-refractivity contribution in [2.75, 3.05) is 0 Å². The summed E-state index contributed by atoms with van der Waals surface area (Å²) in [6, 6.07) is 6.75. The van der Waals surface area contributed by atoms with E-state index in [-0.39, 0.29) is 10.6 Å². The molecule has 9 heteroatoms. The summed E-state index contributed by atoms with van der Waals surface area (Å²) in [5.41, 5.74) is 2.24. The summed E-state index contributed by atoms with van der Waals surface area (Å²) < 4.78 is 38.2. The Morgan fingerprint density at radius 2 is 1.64 bits per heavy atom. The molecule has 1 aromatic carbocycles. The molecule has 0 saturated carbocycles. The number of imide groups is 1. The highest BCUT2D eigenvalue weighted by Crippen LogP contribution is 2.29. The Labute approximate surface area is 123 Å². The van der Waals surface area contributed by atoms with Gasteiger partial charge in [-0.3, -0.25) is 14.4 Å². The highest BCUT2D eigenvalue weighted by molar-refractivity contribution is 6.19. The van der Waals surface area contributed by atoms with Crippen LogP contribution in [0.5, 0.6) is 0 Å². The molecule has 4 N–H and O–H groups in total. The van der Waals surface area contributed by atoms with E-state index in [1.165, 1.54) is 30.3 Å². The van der Waals surface area contributed by atoms with Gasteiger partial charge in [-0.1, -0.05) is 30.3 Å². The van der Waals surface area contributed by atoms with Crippen molar-refractivity contribution >= 4 is 17.6 Å². The van der Waals surface area contributed by atoms with Crippen LogP contribution in [0.1, 0.15) is 23.7 Å². The number of carbonyl (C=O) groups excluding carboxylic acids is 3. The van der Waals surface area contributed by atoms with Gasteiger partial charge in [-0.05, 0) is 0 Å². The topological polar surface area (TPSA) is 106 Å². The number of hydrogen-bond donors (Lipinski definition) is 2. The van der Waals surface area contributed by atoms with Crippen molar-refractivity contribution in [1.29, 1.82) is 0 Å². The summed E-state index contributed by atoms with van der Waals surface area (Å²) >= 11 is 0. The van der Waals surface area contributed by atoms with Gasteiger partial charge in [-0.2, -0.15) is 13.2 Å². The fraction of sp³-hybridized carbons (Fsp3) is 0.308. The summed E-state index contributed by atoms with van der Waals surface area (Å²) in [5, 5.41) is -0.0907. The third-order valence-electron chi connectivity index (χ3n) is 2.86. The van der Waals surface area contributed by atoms with Gasteiger partial charge in [-0.25, -0.2) is 10.9 Å². The first kappa shape index (κ1) is 17.8. The number of Topliss-reactive ketones (excluding diaryl/α,β-unsaturated/α-hetero) is 1. The minimum atomic E-state index is -4.91. The van der Waals surface area contributed by atoms with Crippen molar-refractivity contribution in [3.63, 3.8) is 0 Å². The molecule has 0 aromatic heterocycles. The predicted octanol–water partition coefficient (Wildman–Crippen LogP) is 0.768. The lowest BCUT2D eigenvalue weighted by molar-refractivity contribution is -0.162. The quantitative estimate of drug-likeness (QED) is 0.280. The Morgan fingerprint density at radius 1 is 1.14 bits per heavy atom. The summed E-state index contributed by atoms with van der Waals surface area (Å²) in [4.78, 5) is 35.4. The van der Waals surface area contributed by atoms with Gasteiger partial charge in [0.1, 0.15) is 0 Å². The van der Waals surface area contributed by atoms with E-state index in [1.807, 2.05) is 0 Å². The SMILES string of the molecule is CC(=O)N(N)C(=O)C(N)(CC(F)(F)F)C(=O)c1ccccc1. The van der Waals surface area contributed by atoms with E-state index in [0.29, 0.717) is 0 Å². The average molecular weight is 317 g/mol. The van der Waals surface area contributed by atoms with Gasteiger partial charge in [0, 0.05) is 12.5 Å². The van der Waals surface area contributed by atoms with Crippen LogP contribution in [0.2, 0.25) is 0 Å². The Balaban J connectivity index is 3.31. The van der Waals surface area contributed by atoms with Gasteiger partial charge in [0.15, 0.2) is 11.3 Å². The molecule has 0 fully saturated rings. The minimum Gasteiger partial charge on any atom is -0.310 e. The monoisotopic (exact) mass is 317 g/mol. The largest absolute Gasteiger partial charge is 0.391 e. The molecule has 0 spiro atoms. The van der Waals surface area contributed by atoms with Crippen LogP contribution in [-0.2, 0) is 9.59 Å². The molecular formula is C13H14F3N3O3. The van der Waals surface area contributed by atoms with E-state index < -0.39 is 35.7 Å². The first-order chi connectivity index (χ1) is 9.99. The maximum absolute atomic E-state index is 12.7. The molecular weight excluding hydrogens is 303 g/mol. The lowest BCUT2D eigenvalue weighted by atomic mass is 9.85. The highest BCUT2D eigenvalue weighted by Gasteiger charge is 2.52. The molecule has 1 unspecified atom stereocenters. The van der Waals surface area contributed by atoms with Crippen molar-refractivity contribution in [3.8, 4) is 0 Å². The number of hydrazine groups is 1. The molecule has 0 aliphatic carbocycles. The molecule has 2 amide bonds. The molecule has 22 heavy (non-hydrogen) atoms. The van der Waals surface area contributed by atoms with Gasteiger partial charge in [0.05, 0.1) is 6.42 Å². The number of nitrogens with zero attached hydrogens (tertiary/aromatic N) is 1. The van der Waals surface area contributed by atoms with Crippen LogP contribution in [0.15, 0.2) is 30.3 Å². The lowest BCUT2D eigenvalue weighted by Crippen LogP contribution is -2.64. The molecule has 0 heterocycles. The second kappa shape index (κ2) is 6.24. The molecule has 0 radical (unpaired) electrons. The zero-order valence-corrected chi connectivity index (χ0v) is 11.6. The maximum atomic E-state index is 12.7. The fourth-order valence-electron chi connectivity index (χ4n) is 1.77. The number of carbonyl (C=O) groups is 3. The number of ketones is 1. The lowest BCUT2D eigenvalue weighted by Gasteiger charge is -2.30. The molecule has 0 aliphatic rings. The Hall–Kier alpha value is -2.26. The zero-order chi connectivity index (χ0) is 17.1. The molecule has 1 rings (SSSR count). The van der Waals surface area contributed by atoms with E-state index >= 15 is 0 Å². The smallest absolute Gasteiger partial charge is 0.310 e. The minimum absolute atomic E-state index is 0.0907. The molecule has 1 aromatic rings. The number of alkyl halides is 3. The Morgan fingerprint density at radius 3 is 2.05 bits per heavy atom. The van der Waals surface area contributed by atoms with E-state index in [1.54, 1.807) is 0 Å². The van der Waals surface area contributed by atoms with E-state index in [2.05, 4.69) is 0 Å². The number of hydrogen-bond acceptors (Lipinski definition) is 5. The Bertz CT molecular complexity index is 589. The third-order valence-corrected chi connectivity index (χ3v) is 2.86. The number of nitrogens with two attached hydrogens (primary N) is 2. The number of rotatable bonds is 4. The number of benzene rings is 1. The van der Waals surface area contributed by atoms with E-state index in [0.717, 1.165) is 6.92 Å². The molecule has 120 valence electrons. The Kier molecular flexibility index (Phi) is 5.05.